The Kier molecular flexibility index (Phi) is 5.66. The van der Waals surface area contributed by atoms with Crippen molar-refractivity contribution in [1.29, 1.82) is 0 Å². The summed E-state index contributed by atoms with van der Waals surface area (Å²) < 4.78 is 5.61. The number of ketones is 1. The third kappa shape index (κ3) is 4.37. The molecule has 0 saturated heterocycles. The smallest absolute Gasteiger partial charge is 0.277 e. The van der Waals surface area contributed by atoms with Gasteiger partial charge in [0.15, 0.2) is 5.78 Å². The quantitative estimate of drug-likeness (QED) is 0.431. The maximum Gasteiger partial charge on any atom is 0.277 e. The number of hydrogen-bond donors (Lipinski definition) is 0. The van der Waals surface area contributed by atoms with Crippen molar-refractivity contribution < 1.29 is 9.21 Å². The normalized spacial score (nSPS) is 12.1. The number of aromatic nitrogens is 2. The van der Waals surface area contributed by atoms with Crippen LogP contribution in [0, 0.1) is 0 Å². The molecule has 3 rings (SSSR count). The maximum absolute atomic E-state index is 12.3. The monoisotopic (exact) mass is 352 g/mol. The van der Waals surface area contributed by atoms with Crippen molar-refractivity contribution in [3.63, 3.8) is 0 Å². The van der Waals surface area contributed by atoms with Crippen molar-refractivity contribution in [2.24, 2.45) is 0 Å². The molecule has 0 saturated carbocycles. The van der Waals surface area contributed by atoms with Crippen molar-refractivity contribution in [3.8, 4) is 11.5 Å². The molecule has 3 aromatic rings. The number of carbonyl (C=O) groups is 1. The van der Waals surface area contributed by atoms with Crippen LogP contribution in [0.4, 0.5) is 0 Å². The molecule has 5 heteroatoms. The summed E-state index contributed by atoms with van der Waals surface area (Å²) in [6.07, 6.45) is 1.09. The maximum atomic E-state index is 12.3. The lowest BCUT2D eigenvalue weighted by atomic mass is 9.97. The largest absolute Gasteiger partial charge is 0.411 e. The van der Waals surface area contributed by atoms with Gasteiger partial charge in [-0.3, -0.25) is 4.79 Å². The molecule has 0 amide bonds. The van der Waals surface area contributed by atoms with E-state index in [1.807, 2.05) is 54.6 Å². The zero-order chi connectivity index (χ0) is 17.6. The average molecular weight is 352 g/mol. The van der Waals surface area contributed by atoms with Gasteiger partial charge in [-0.15, -0.1) is 10.2 Å². The highest BCUT2D eigenvalue weighted by molar-refractivity contribution is 7.99. The molecule has 4 nitrogen and oxygen atoms in total. The van der Waals surface area contributed by atoms with E-state index in [1.54, 1.807) is 0 Å². The van der Waals surface area contributed by atoms with Gasteiger partial charge in [-0.05, 0) is 30.0 Å². The Morgan fingerprint density at radius 2 is 1.80 bits per heavy atom. The van der Waals surface area contributed by atoms with Gasteiger partial charge in [0, 0.05) is 11.1 Å². The van der Waals surface area contributed by atoms with Crippen molar-refractivity contribution in [1.82, 2.24) is 10.2 Å². The Morgan fingerprint density at radius 3 is 2.48 bits per heavy atom. The summed E-state index contributed by atoms with van der Waals surface area (Å²) in [7, 11) is 0. The van der Waals surface area contributed by atoms with Gasteiger partial charge in [0.1, 0.15) is 0 Å². The number of thioether (sulfide) groups is 1. The van der Waals surface area contributed by atoms with E-state index in [9.17, 15) is 4.79 Å². The molecule has 0 aliphatic heterocycles. The van der Waals surface area contributed by atoms with E-state index < -0.39 is 0 Å². The Bertz CT molecular complexity index is 828. The molecule has 128 valence electrons. The predicted octanol–water partition coefficient (Wildman–Crippen LogP) is 5.23. The van der Waals surface area contributed by atoms with Crippen LogP contribution in [0.2, 0.25) is 0 Å². The topological polar surface area (TPSA) is 56.0 Å². The molecule has 0 spiro atoms. The number of Topliss-reactive ketones (excluding diaryl/α,β-unsaturated/α-hetero) is 1. The van der Waals surface area contributed by atoms with E-state index in [2.05, 4.69) is 24.0 Å². The Hall–Kier alpha value is -2.40. The van der Waals surface area contributed by atoms with Gasteiger partial charge in [-0.1, -0.05) is 68.1 Å². The minimum atomic E-state index is 0.0557. The van der Waals surface area contributed by atoms with E-state index in [1.165, 1.54) is 17.3 Å². The molecule has 25 heavy (non-hydrogen) atoms. The molecule has 1 atom stereocenters. The number of rotatable bonds is 7. The summed E-state index contributed by atoms with van der Waals surface area (Å²) >= 11 is 1.26. The minimum absolute atomic E-state index is 0.0557. The number of carbonyl (C=O) groups excluding carboxylic acids is 1. The van der Waals surface area contributed by atoms with Crippen molar-refractivity contribution >= 4 is 17.5 Å². The summed E-state index contributed by atoms with van der Waals surface area (Å²) in [5, 5.41) is 8.44. The van der Waals surface area contributed by atoms with E-state index in [0.717, 1.165) is 12.0 Å². The van der Waals surface area contributed by atoms with E-state index >= 15 is 0 Å². The number of benzene rings is 2. The highest BCUT2D eigenvalue weighted by atomic mass is 32.2. The van der Waals surface area contributed by atoms with Crippen LogP contribution < -0.4 is 0 Å². The first-order valence-corrected chi connectivity index (χ1v) is 9.30. The lowest BCUT2D eigenvalue weighted by Gasteiger charge is -2.09. The standard InChI is InChI=1S/C20H20N2O2S/c1-3-14(2)15-9-11-16(12-10-15)18(23)13-25-20-22-21-19(24-20)17-7-5-4-6-8-17/h4-12,14H,3,13H2,1-2H3. The summed E-state index contributed by atoms with van der Waals surface area (Å²) in [6, 6.07) is 17.4. The van der Waals surface area contributed by atoms with Gasteiger partial charge in [0.25, 0.3) is 5.22 Å². The van der Waals surface area contributed by atoms with Crippen LogP contribution in [0.5, 0.6) is 0 Å². The summed E-state index contributed by atoms with van der Waals surface area (Å²) in [4.78, 5) is 12.3. The molecular weight excluding hydrogens is 332 g/mol. The van der Waals surface area contributed by atoms with E-state index in [4.69, 9.17) is 4.42 Å². The second-order valence-corrected chi connectivity index (χ2v) is 6.81. The fourth-order valence-electron chi connectivity index (χ4n) is 2.41. The van der Waals surface area contributed by atoms with E-state index in [0.29, 0.717) is 22.6 Å². The van der Waals surface area contributed by atoms with Crippen LogP contribution in [0.1, 0.15) is 42.1 Å². The minimum Gasteiger partial charge on any atom is -0.411 e. The first-order valence-electron chi connectivity index (χ1n) is 8.32. The van der Waals surface area contributed by atoms with Crippen LogP contribution in [0.3, 0.4) is 0 Å². The lowest BCUT2D eigenvalue weighted by Crippen LogP contribution is -2.03. The first kappa shape index (κ1) is 17.4. The van der Waals surface area contributed by atoms with Crippen molar-refractivity contribution in [2.45, 2.75) is 31.4 Å². The molecule has 0 aliphatic rings. The van der Waals surface area contributed by atoms with Gasteiger partial charge in [-0.2, -0.15) is 0 Å². The first-order chi connectivity index (χ1) is 12.2. The molecule has 0 radical (unpaired) electrons. The van der Waals surface area contributed by atoms with Crippen molar-refractivity contribution in [2.75, 3.05) is 5.75 Å². The number of hydrogen-bond acceptors (Lipinski definition) is 5. The van der Waals surface area contributed by atoms with Crippen LogP contribution in [-0.4, -0.2) is 21.7 Å². The fraction of sp³-hybridized carbons (Fsp3) is 0.250. The lowest BCUT2D eigenvalue weighted by molar-refractivity contribution is 0.102. The van der Waals surface area contributed by atoms with E-state index in [-0.39, 0.29) is 11.5 Å². The molecule has 0 N–H and O–H groups in total. The molecule has 0 aliphatic carbocycles. The van der Waals surface area contributed by atoms with Gasteiger partial charge >= 0.3 is 0 Å². The fourth-order valence-corrected chi connectivity index (χ4v) is 3.07. The van der Waals surface area contributed by atoms with Gasteiger partial charge in [-0.25, -0.2) is 0 Å². The average Bonchev–Trinajstić information content (AvgIpc) is 3.15. The Balaban J connectivity index is 1.60. The summed E-state index contributed by atoms with van der Waals surface area (Å²) in [6.45, 7) is 4.35. The molecule has 0 bridgehead atoms. The van der Waals surface area contributed by atoms with Crippen molar-refractivity contribution in [3.05, 3.63) is 65.7 Å². The van der Waals surface area contributed by atoms with Crippen LogP contribution in [0.25, 0.3) is 11.5 Å². The molecule has 1 aromatic heterocycles. The number of nitrogens with zero attached hydrogens (tertiary/aromatic N) is 2. The zero-order valence-electron chi connectivity index (χ0n) is 14.3. The molecule has 0 fully saturated rings. The molecular formula is C20H20N2O2S. The Morgan fingerprint density at radius 1 is 1.08 bits per heavy atom. The van der Waals surface area contributed by atoms with Crippen LogP contribution in [-0.2, 0) is 0 Å². The van der Waals surface area contributed by atoms with Gasteiger partial charge in [0.2, 0.25) is 5.89 Å². The predicted molar refractivity (Wildman–Crippen MR) is 99.9 cm³/mol. The molecule has 1 heterocycles. The van der Waals surface area contributed by atoms with Crippen LogP contribution in [0.15, 0.2) is 64.2 Å². The third-order valence-corrected chi connectivity index (χ3v) is 4.99. The van der Waals surface area contributed by atoms with Crippen LogP contribution >= 0.6 is 11.8 Å². The highest BCUT2D eigenvalue weighted by Crippen LogP contribution is 2.24. The third-order valence-electron chi connectivity index (χ3n) is 4.17. The highest BCUT2D eigenvalue weighted by Gasteiger charge is 2.13. The second kappa shape index (κ2) is 8.12. The molecule has 2 aromatic carbocycles. The molecule has 1 unspecified atom stereocenters. The summed E-state index contributed by atoms with van der Waals surface area (Å²) in [5.41, 5.74) is 2.84. The zero-order valence-corrected chi connectivity index (χ0v) is 15.1. The second-order valence-electron chi connectivity index (χ2n) is 5.88. The van der Waals surface area contributed by atoms with Gasteiger partial charge < -0.3 is 4.42 Å². The SMILES string of the molecule is CCC(C)c1ccc(C(=O)CSc2nnc(-c3ccccc3)o2)cc1. The van der Waals surface area contributed by atoms with Gasteiger partial charge in [0.05, 0.1) is 5.75 Å². The summed E-state index contributed by atoms with van der Waals surface area (Å²) in [5.74, 6) is 1.31. The Labute approximate surface area is 151 Å².